The molecule has 3 N–H and O–H groups in total. The Bertz CT molecular complexity index is 681. The van der Waals surface area contributed by atoms with E-state index in [0.29, 0.717) is 24.1 Å². The van der Waals surface area contributed by atoms with Gasteiger partial charge in [-0.05, 0) is 37.0 Å². The van der Waals surface area contributed by atoms with E-state index < -0.39 is 0 Å². The summed E-state index contributed by atoms with van der Waals surface area (Å²) in [6.07, 6.45) is 6.57. The number of nitrogens with zero attached hydrogens (tertiary/aromatic N) is 2. The molecule has 7 heteroatoms. The highest BCUT2D eigenvalue weighted by molar-refractivity contribution is 5.94. The van der Waals surface area contributed by atoms with Crippen LogP contribution in [0.2, 0.25) is 0 Å². The summed E-state index contributed by atoms with van der Waals surface area (Å²) < 4.78 is 0. The zero-order valence-electron chi connectivity index (χ0n) is 17.3. The van der Waals surface area contributed by atoms with Gasteiger partial charge in [-0.2, -0.15) is 0 Å². The third-order valence-corrected chi connectivity index (χ3v) is 4.90. The van der Waals surface area contributed by atoms with Gasteiger partial charge in [0.05, 0.1) is 6.54 Å². The smallest absolute Gasteiger partial charge is 0.253 e. The Morgan fingerprint density at radius 1 is 1.14 bits per heavy atom. The van der Waals surface area contributed by atoms with Crippen molar-refractivity contribution in [3.63, 3.8) is 0 Å². The Morgan fingerprint density at radius 2 is 1.89 bits per heavy atom. The highest BCUT2D eigenvalue weighted by atomic mass is 16.2. The molecule has 0 radical (unpaired) electrons. The molecule has 2 amide bonds. The average Bonchev–Trinajstić information content (AvgIpc) is 2.70. The second-order valence-electron chi connectivity index (χ2n) is 7.40. The van der Waals surface area contributed by atoms with Crippen LogP contribution in [0.15, 0.2) is 29.3 Å². The maximum Gasteiger partial charge on any atom is 0.253 e. The van der Waals surface area contributed by atoms with Gasteiger partial charge in [0.1, 0.15) is 0 Å². The summed E-state index contributed by atoms with van der Waals surface area (Å²) in [6, 6.07) is 7.95. The Morgan fingerprint density at radius 3 is 2.57 bits per heavy atom. The van der Waals surface area contributed by atoms with Gasteiger partial charge in [0.2, 0.25) is 5.91 Å². The first-order valence-electron chi connectivity index (χ1n) is 10.0. The van der Waals surface area contributed by atoms with Crippen molar-refractivity contribution in [3.8, 4) is 0 Å². The fraction of sp³-hybridized carbons (Fsp3) is 0.571. The van der Waals surface area contributed by atoms with Crippen molar-refractivity contribution in [2.24, 2.45) is 4.99 Å². The van der Waals surface area contributed by atoms with Crippen LogP contribution in [-0.2, 0) is 11.2 Å². The Kier molecular flexibility index (Phi) is 8.78. The molecule has 1 aliphatic carbocycles. The van der Waals surface area contributed by atoms with Crippen LogP contribution in [0.3, 0.4) is 0 Å². The van der Waals surface area contributed by atoms with Gasteiger partial charge in [-0.3, -0.25) is 14.6 Å². The van der Waals surface area contributed by atoms with Crippen molar-refractivity contribution in [2.75, 3.05) is 34.2 Å². The van der Waals surface area contributed by atoms with E-state index in [4.69, 9.17) is 0 Å². The van der Waals surface area contributed by atoms with E-state index in [2.05, 4.69) is 20.9 Å². The number of amides is 2. The number of aliphatic imine (C=N–C) groups is 1. The van der Waals surface area contributed by atoms with E-state index >= 15 is 0 Å². The number of nitrogens with one attached hydrogen (secondary N) is 3. The molecule has 1 fully saturated rings. The SMILES string of the molecule is CN=C(NCCc1cccc(C(=O)N(C)C)c1)NCC(=O)NC1CCCCC1. The van der Waals surface area contributed by atoms with Crippen molar-refractivity contribution >= 4 is 17.8 Å². The van der Waals surface area contributed by atoms with Crippen molar-refractivity contribution in [1.82, 2.24) is 20.9 Å². The summed E-state index contributed by atoms with van der Waals surface area (Å²) in [6.45, 7) is 0.868. The molecular weight excluding hydrogens is 354 g/mol. The topological polar surface area (TPSA) is 85.8 Å². The molecule has 1 aliphatic rings. The Labute approximate surface area is 168 Å². The number of hydrogen-bond acceptors (Lipinski definition) is 3. The van der Waals surface area contributed by atoms with Gasteiger partial charge in [0.25, 0.3) is 5.91 Å². The second-order valence-corrected chi connectivity index (χ2v) is 7.40. The largest absolute Gasteiger partial charge is 0.356 e. The minimum absolute atomic E-state index is 0.00346. The number of carbonyl (C=O) groups is 2. The zero-order valence-corrected chi connectivity index (χ0v) is 17.3. The molecule has 0 aromatic heterocycles. The maximum absolute atomic E-state index is 12.1. The summed E-state index contributed by atoms with van der Waals surface area (Å²) in [5.74, 6) is 0.598. The van der Waals surface area contributed by atoms with Crippen LogP contribution in [0.5, 0.6) is 0 Å². The van der Waals surface area contributed by atoms with Gasteiger partial charge in [-0.25, -0.2) is 0 Å². The quantitative estimate of drug-likeness (QED) is 0.489. The normalized spacial score (nSPS) is 15.0. The van der Waals surface area contributed by atoms with Gasteiger partial charge < -0.3 is 20.9 Å². The fourth-order valence-corrected chi connectivity index (χ4v) is 3.35. The third-order valence-electron chi connectivity index (χ3n) is 4.90. The standard InChI is InChI=1S/C21H33N5O2/c1-22-21(24-15-19(27)25-18-10-5-4-6-11-18)23-13-12-16-8-7-9-17(14-16)20(28)26(2)3/h7-9,14,18H,4-6,10-13,15H2,1-3H3,(H,25,27)(H2,22,23,24). The molecule has 0 bridgehead atoms. The van der Waals surface area contributed by atoms with Crippen LogP contribution in [0, 0.1) is 0 Å². The molecule has 0 heterocycles. The van der Waals surface area contributed by atoms with E-state index in [9.17, 15) is 9.59 Å². The molecule has 1 aromatic rings. The zero-order chi connectivity index (χ0) is 20.4. The number of benzene rings is 1. The molecule has 1 aromatic carbocycles. The lowest BCUT2D eigenvalue weighted by Gasteiger charge is -2.23. The van der Waals surface area contributed by atoms with Crippen LogP contribution < -0.4 is 16.0 Å². The molecular formula is C21H33N5O2. The fourth-order valence-electron chi connectivity index (χ4n) is 3.35. The van der Waals surface area contributed by atoms with Crippen LogP contribution in [-0.4, -0.2) is 62.9 Å². The molecule has 7 nitrogen and oxygen atoms in total. The van der Waals surface area contributed by atoms with Gasteiger partial charge in [-0.1, -0.05) is 31.4 Å². The molecule has 0 atom stereocenters. The van der Waals surface area contributed by atoms with Crippen LogP contribution in [0.25, 0.3) is 0 Å². The molecule has 0 spiro atoms. The lowest BCUT2D eigenvalue weighted by molar-refractivity contribution is -0.120. The van der Waals surface area contributed by atoms with Crippen molar-refractivity contribution in [2.45, 2.75) is 44.6 Å². The van der Waals surface area contributed by atoms with E-state index in [0.717, 1.165) is 24.8 Å². The Balaban J connectivity index is 1.72. The monoisotopic (exact) mass is 387 g/mol. The van der Waals surface area contributed by atoms with Crippen LogP contribution in [0.1, 0.15) is 48.0 Å². The number of rotatable bonds is 7. The lowest BCUT2D eigenvalue weighted by Crippen LogP contribution is -2.46. The lowest BCUT2D eigenvalue weighted by atomic mass is 9.95. The first kappa shape index (κ1) is 21.7. The van der Waals surface area contributed by atoms with Crippen LogP contribution >= 0.6 is 0 Å². The van der Waals surface area contributed by atoms with Crippen LogP contribution in [0.4, 0.5) is 0 Å². The third kappa shape index (κ3) is 7.21. The second kappa shape index (κ2) is 11.3. The van der Waals surface area contributed by atoms with E-state index in [-0.39, 0.29) is 18.4 Å². The molecule has 1 saturated carbocycles. The Hall–Kier alpha value is -2.57. The van der Waals surface area contributed by atoms with Crippen molar-refractivity contribution < 1.29 is 9.59 Å². The van der Waals surface area contributed by atoms with E-state index in [1.54, 1.807) is 26.0 Å². The molecule has 0 unspecified atom stereocenters. The number of guanidine groups is 1. The van der Waals surface area contributed by atoms with E-state index in [1.807, 2.05) is 24.3 Å². The molecule has 154 valence electrons. The van der Waals surface area contributed by atoms with Gasteiger partial charge >= 0.3 is 0 Å². The van der Waals surface area contributed by atoms with Gasteiger partial charge in [0, 0.05) is 39.3 Å². The van der Waals surface area contributed by atoms with Crippen molar-refractivity contribution in [1.29, 1.82) is 0 Å². The number of hydrogen-bond donors (Lipinski definition) is 3. The summed E-state index contributed by atoms with van der Waals surface area (Å²) in [5.41, 5.74) is 1.76. The average molecular weight is 388 g/mol. The first-order chi connectivity index (χ1) is 13.5. The minimum atomic E-state index is -0.00346. The summed E-state index contributed by atoms with van der Waals surface area (Å²) >= 11 is 0. The van der Waals surface area contributed by atoms with Crippen molar-refractivity contribution in [3.05, 3.63) is 35.4 Å². The maximum atomic E-state index is 12.1. The number of carbonyl (C=O) groups excluding carboxylic acids is 2. The molecule has 28 heavy (non-hydrogen) atoms. The predicted molar refractivity (Wildman–Crippen MR) is 113 cm³/mol. The molecule has 2 rings (SSSR count). The molecule has 0 saturated heterocycles. The summed E-state index contributed by atoms with van der Waals surface area (Å²) in [5, 5.41) is 9.35. The van der Waals surface area contributed by atoms with Gasteiger partial charge in [0.15, 0.2) is 5.96 Å². The minimum Gasteiger partial charge on any atom is -0.356 e. The highest BCUT2D eigenvalue weighted by Gasteiger charge is 2.15. The molecule has 0 aliphatic heterocycles. The van der Waals surface area contributed by atoms with E-state index in [1.165, 1.54) is 19.3 Å². The first-order valence-corrected chi connectivity index (χ1v) is 10.0. The summed E-state index contributed by atoms with van der Waals surface area (Å²) in [4.78, 5) is 29.9. The van der Waals surface area contributed by atoms with Gasteiger partial charge in [-0.15, -0.1) is 0 Å². The summed E-state index contributed by atoms with van der Waals surface area (Å²) in [7, 11) is 5.18. The highest BCUT2D eigenvalue weighted by Crippen LogP contribution is 2.17. The predicted octanol–water partition coefficient (Wildman–Crippen LogP) is 1.54.